The molecule has 1 atom stereocenters. The van der Waals surface area contributed by atoms with Crippen molar-refractivity contribution in [3.63, 3.8) is 0 Å². The van der Waals surface area contributed by atoms with Gasteiger partial charge in [0.25, 0.3) is 0 Å². The van der Waals surface area contributed by atoms with Gasteiger partial charge in [0.05, 0.1) is 23.2 Å². The van der Waals surface area contributed by atoms with Crippen LogP contribution in [0, 0.1) is 13.8 Å². The zero-order valence-corrected chi connectivity index (χ0v) is 14.1. The highest BCUT2D eigenvalue weighted by Gasteiger charge is 2.17. The Morgan fingerprint density at radius 1 is 1.24 bits per heavy atom. The Bertz CT molecular complexity index is 617. The minimum Gasteiger partial charge on any atom is -0.390 e. The van der Waals surface area contributed by atoms with Crippen LogP contribution in [0.1, 0.15) is 25.1 Å². The maximum absolute atomic E-state index is 10.4. The van der Waals surface area contributed by atoms with E-state index in [0.717, 1.165) is 23.6 Å². The van der Waals surface area contributed by atoms with Crippen LogP contribution in [0.5, 0.6) is 0 Å². The predicted octanol–water partition coefficient (Wildman–Crippen LogP) is 3.61. The largest absolute Gasteiger partial charge is 0.390 e. The first-order valence-electron chi connectivity index (χ1n) is 7.63. The molecule has 0 amide bonds. The van der Waals surface area contributed by atoms with Crippen LogP contribution in [0.2, 0.25) is 5.02 Å². The standard InChI is InChI=1S/C17H25ClN2O/c1-5-19(6-2)10-14(21)11-20-13(4)12(3)15-8-7-9-16(18)17(15)20/h7-9,14,21H,5-6,10-11H2,1-4H3/t14-/m0/s1. The molecule has 0 unspecified atom stereocenters. The van der Waals surface area contributed by atoms with E-state index in [9.17, 15) is 5.11 Å². The van der Waals surface area contributed by atoms with E-state index in [2.05, 4.69) is 43.2 Å². The minimum absolute atomic E-state index is 0.394. The summed E-state index contributed by atoms with van der Waals surface area (Å²) in [6.07, 6.45) is -0.394. The van der Waals surface area contributed by atoms with Crippen LogP contribution in [0.3, 0.4) is 0 Å². The van der Waals surface area contributed by atoms with E-state index in [1.807, 2.05) is 12.1 Å². The van der Waals surface area contributed by atoms with Crippen LogP contribution < -0.4 is 0 Å². The first kappa shape index (κ1) is 16.3. The summed E-state index contributed by atoms with van der Waals surface area (Å²) in [6.45, 7) is 11.6. The molecule has 0 saturated carbocycles. The monoisotopic (exact) mass is 308 g/mol. The van der Waals surface area contributed by atoms with E-state index >= 15 is 0 Å². The van der Waals surface area contributed by atoms with E-state index in [1.54, 1.807) is 0 Å². The lowest BCUT2D eigenvalue weighted by atomic mass is 10.2. The molecule has 0 aliphatic carbocycles. The third-order valence-electron chi connectivity index (χ3n) is 4.36. The van der Waals surface area contributed by atoms with E-state index < -0.39 is 6.10 Å². The zero-order chi connectivity index (χ0) is 15.6. The van der Waals surface area contributed by atoms with Gasteiger partial charge in [-0.3, -0.25) is 0 Å². The van der Waals surface area contributed by atoms with Gasteiger partial charge < -0.3 is 14.6 Å². The summed E-state index contributed by atoms with van der Waals surface area (Å²) in [7, 11) is 0. The van der Waals surface area contributed by atoms with Crippen molar-refractivity contribution in [3.05, 3.63) is 34.5 Å². The number of nitrogens with zero attached hydrogens (tertiary/aromatic N) is 2. The van der Waals surface area contributed by atoms with Crippen molar-refractivity contribution in [2.75, 3.05) is 19.6 Å². The molecule has 21 heavy (non-hydrogen) atoms. The number of hydrogen-bond acceptors (Lipinski definition) is 2. The Labute approximate surface area is 132 Å². The normalized spacial score (nSPS) is 13.3. The third kappa shape index (κ3) is 3.25. The second kappa shape index (κ2) is 6.82. The molecule has 0 aliphatic heterocycles. The molecule has 3 nitrogen and oxygen atoms in total. The molecule has 116 valence electrons. The van der Waals surface area contributed by atoms with E-state index in [1.165, 1.54) is 16.6 Å². The summed E-state index contributed by atoms with van der Waals surface area (Å²) >= 11 is 6.38. The highest BCUT2D eigenvalue weighted by molar-refractivity contribution is 6.35. The number of halogens is 1. The first-order chi connectivity index (χ1) is 9.99. The zero-order valence-electron chi connectivity index (χ0n) is 13.4. The van der Waals surface area contributed by atoms with Crippen molar-refractivity contribution in [1.29, 1.82) is 0 Å². The van der Waals surface area contributed by atoms with Crippen LogP contribution in [0.25, 0.3) is 10.9 Å². The van der Waals surface area contributed by atoms with Crippen LogP contribution in [-0.2, 0) is 6.54 Å². The fourth-order valence-corrected chi connectivity index (χ4v) is 3.21. The number of aryl methyl sites for hydroxylation is 1. The highest BCUT2D eigenvalue weighted by Crippen LogP contribution is 2.30. The molecule has 0 radical (unpaired) electrons. The average molecular weight is 309 g/mol. The number of aromatic nitrogens is 1. The fraction of sp³-hybridized carbons (Fsp3) is 0.529. The van der Waals surface area contributed by atoms with Crippen LogP contribution in [0.4, 0.5) is 0 Å². The summed E-state index contributed by atoms with van der Waals surface area (Å²) in [5, 5.41) is 12.3. The molecule has 0 spiro atoms. The highest BCUT2D eigenvalue weighted by atomic mass is 35.5. The SMILES string of the molecule is CCN(CC)C[C@H](O)Cn1c(C)c(C)c2cccc(Cl)c21. The summed E-state index contributed by atoms with van der Waals surface area (Å²) in [6, 6.07) is 5.99. The molecule has 1 heterocycles. The average Bonchev–Trinajstić information content (AvgIpc) is 2.71. The lowest BCUT2D eigenvalue weighted by Crippen LogP contribution is -2.34. The topological polar surface area (TPSA) is 28.4 Å². The molecule has 1 N–H and O–H groups in total. The fourth-order valence-electron chi connectivity index (χ4n) is 2.93. The lowest BCUT2D eigenvalue weighted by Gasteiger charge is -2.23. The summed E-state index contributed by atoms with van der Waals surface area (Å²) in [5.74, 6) is 0. The van der Waals surface area contributed by atoms with Crippen LogP contribution in [0.15, 0.2) is 18.2 Å². The van der Waals surface area contributed by atoms with Crippen LogP contribution >= 0.6 is 11.6 Å². The summed E-state index contributed by atoms with van der Waals surface area (Å²) in [4.78, 5) is 2.24. The Balaban J connectivity index is 2.32. The van der Waals surface area contributed by atoms with Crippen molar-refractivity contribution < 1.29 is 5.11 Å². The number of benzene rings is 1. The number of aliphatic hydroxyl groups excluding tert-OH is 1. The number of aliphatic hydroxyl groups is 1. The molecule has 2 aromatic rings. The van der Waals surface area contributed by atoms with Gasteiger partial charge in [-0.25, -0.2) is 0 Å². The molecule has 0 aliphatic rings. The van der Waals surface area contributed by atoms with E-state index in [-0.39, 0.29) is 0 Å². The van der Waals surface area contributed by atoms with Crippen LogP contribution in [-0.4, -0.2) is 40.3 Å². The number of hydrogen-bond donors (Lipinski definition) is 1. The van der Waals surface area contributed by atoms with Gasteiger partial charge in [-0.1, -0.05) is 37.6 Å². The number of fused-ring (bicyclic) bond motifs is 1. The minimum atomic E-state index is -0.394. The van der Waals surface area contributed by atoms with Gasteiger partial charge in [-0.05, 0) is 38.6 Å². The molecule has 1 aromatic heterocycles. The Hall–Kier alpha value is -1.03. The van der Waals surface area contributed by atoms with Crippen molar-refractivity contribution in [3.8, 4) is 0 Å². The molecule has 0 bridgehead atoms. The van der Waals surface area contributed by atoms with Gasteiger partial charge in [0.1, 0.15) is 0 Å². The van der Waals surface area contributed by atoms with E-state index in [0.29, 0.717) is 13.1 Å². The van der Waals surface area contributed by atoms with Gasteiger partial charge in [-0.15, -0.1) is 0 Å². The summed E-state index contributed by atoms with van der Waals surface area (Å²) < 4.78 is 2.15. The van der Waals surface area contributed by atoms with Crippen molar-refractivity contribution in [1.82, 2.24) is 9.47 Å². The van der Waals surface area contributed by atoms with Gasteiger partial charge in [0, 0.05) is 17.6 Å². The Morgan fingerprint density at radius 2 is 1.90 bits per heavy atom. The van der Waals surface area contributed by atoms with E-state index in [4.69, 9.17) is 11.6 Å². The molecule has 4 heteroatoms. The second-order valence-electron chi connectivity index (χ2n) is 5.60. The molecule has 1 aromatic carbocycles. The van der Waals surface area contributed by atoms with Gasteiger partial charge >= 0.3 is 0 Å². The number of rotatable bonds is 6. The number of para-hydroxylation sites is 1. The quantitative estimate of drug-likeness (QED) is 0.883. The first-order valence-corrected chi connectivity index (χ1v) is 8.01. The maximum atomic E-state index is 10.4. The Kier molecular flexibility index (Phi) is 5.31. The molecule has 0 saturated heterocycles. The van der Waals surface area contributed by atoms with Gasteiger partial charge in [0.2, 0.25) is 0 Å². The second-order valence-corrected chi connectivity index (χ2v) is 6.00. The lowest BCUT2D eigenvalue weighted by molar-refractivity contribution is 0.104. The Morgan fingerprint density at radius 3 is 2.52 bits per heavy atom. The predicted molar refractivity (Wildman–Crippen MR) is 90.2 cm³/mol. The van der Waals surface area contributed by atoms with Gasteiger partial charge in [0.15, 0.2) is 0 Å². The van der Waals surface area contributed by atoms with Crippen molar-refractivity contribution >= 4 is 22.5 Å². The van der Waals surface area contributed by atoms with Crippen molar-refractivity contribution in [2.45, 2.75) is 40.3 Å². The summed E-state index contributed by atoms with van der Waals surface area (Å²) in [5.41, 5.74) is 3.45. The smallest absolute Gasteiger partial charge is 0.0845 e. The number of likely N-dealkylation sites (N-methyl/N-ethyl adjacent to an activating group) is 1. The maximum Gasteiger partial charge on any atom is 0.0845 e. The molecular formula is C17H25ClN2O. The molecule has 0 fully saturated rings. The molecular weight excluding hydrogens is 284 g/mol. The molecule has 2 rings (SSSR count). The van der Waals surface area contributed by atoms with Gasteiger partial charge in [-0.2, -0.15) is 0 Å². The van der Waals surface area contributed by atoms with Crippen molar-refractivity contribution in [2.24, 2.45) is 0 Å². The third-order valence-corrected chi connectivity index (χ3v) is 4.67.